The van der Waals surface area contributed by atoms with Crippen LogP contribution in [0.2, 0.25) is 0 Å². The lowest BCUT2D eigenvalue weighted by atomic mass is 10.1. The van der Waals surface area contributed by atoms with E-state index in [9.17, 15) is 13.6 Å². The molecule has 0 unspecified atom stereocenters. The highest BCUT2D eigenvalue weighted by Gasteiger charge is 2.10. The molecule has 3 nitrogen and oxygen atoms in total. The molecule has 0 fully saturated rings. The smallest absolute Gasteiger partial charge is 0.247 e. The Balaban J connectivity index is 2.21. The second-order valence-corrected chi connectivity index (χ2v) is 5.23. The molecule has 6 heteroatoms. The van der Waals surface area contributed by atoms with Crippen LogP contribution in [0.15, 0.2) is 35.4 Å². The van der Waals surface area contributed by atoms with Crippen LogP contribution in [0.25, 0.3) is 11.3 Å². The Morgan fingerprint density at radius 2 is 2.05 bits per heavy atom. The second-order valence-electron chi connectivity index (χ2n) is 4.13. The molecule has 0 radical (unpaired) electrons. The van der Waals surface area contributed by atoms with Gasteiger partial charge in [-0.05, 0) is 19.1 Å². The average Bonchev–Trinajstić information content (AvgIpc) is 2.89. The van der Waals surface area contributed by atoms with Crippen molar-refractivity contribution in [3.05, 3.63) is 36.0 Å². The Kier molecular flexibility index (Phi) is 4.89. The SMILES string of the molecule is CCn1cc(C=O)c(-c2ccc(SCC(F)F)cc2)n1. The average molecular weight is 296 g/mol. The van der Waals surface area contributed by atoms with Gasteiger partial charge in [0.05, 0.1) is 11.3 Å². The molecule has 106 valence electrons. The molecule has 0 aliphatic rings. The summed E-state index contributed by atoms with van der Waals surface area (Å²) in [5.41, 5.74) is 1.95. The molecule has 0 aliphatic carbocycles. The summed E-state index contributed by atoms with van der Waals surface area (Å²) in [7, 11) is 0. The molecule has 0 spiro atoms. The number of carbonyl (C=O) groups excluding carboxylic acids is 1. The van der Waals surface area contributed by atoms with Gasteiger partial charge in [0.1, 0.15) is 5.69 Å². The van der Waals surface area contributed by atoms with E-state index in [1.807, 2.05) is 6.92 Å². The van der Waals surface area contributed by atoms with E-state index < -0.39 is 6.43 Å². The number of aldehydes is 1. The van der Waals surface area contributed by atoms with Gasteiger partial charge in [0, 0.05) is 23.2 Å². The van der Waals surface area contributed by atoms with E-state index in [1.54, 1.807) is 35.1 Å². The van der Waals surface area contributed by atoms with Gasteiger partial charge < -0.3 is 0 Å². The van der Waals surface area contributed by atoms with Crippen LogP contribution < -0.4 is 0 Å². The maximum absolute atomic E-state index is 12.1. The third-order valence-electron chi connectivity index (χ3n) is 2.74. The largest absolute Gasteiger partial charge is 0.298 e. The molecule has 2 aromatic rings. The summed E-state index contributed by atoms with van der Waals surface area (Å²) in [4.78, 5) is 11.8. The molecule has 1 aromatic carbocycles. The summed E-state index contributed by atoms with van der Waals surface area (Å²) in [6.07, 6.45) is 0.150. The van der Waals surface area contributed by atoms with Crippen LogP contribution in [-0.4, -0.2) is 28.2 Å². The Morgan fingerprint density at radius 3 is 2.60 bits per heavy atom. The summed E-state index contributed by atoms with van der Waals surface area (Å²) in [5, 5.41) is 4.33. The van der Waals surface area contributed by atoms with E-state index in [0.29, 0.717) is 17.8 Å². The predicted molar refractivity (Wildman–Crippen MR) is 75.5 cm³/mol. The standard InChI is InChI=1S/C14H14F2N2OS/c1-2-18-7-11(8-19)14(17-18)10-3-5-12(6-4-10)20-9-13(15)16/h3-8,13H,2,9H2,1H3. The minimum Gasteiger partial charge on any atom is -0.298 e. The van der Waals surface area contributed by atoms with Gasteiger partial charge in [0.2, 0.25) is 6.43 Å². The minimum absolute atomic E-state index is 0.219. The Bertz CT molecular complexity index is 581. The van der Waals surface area contributed by atoms with Gasteiger partial charge in [-0.15, -0.1) is 11.8 Å². The molecule has 20 heavy (non-hydrogen) atoms. The zero-order valence-corrected chi connectivity index (χ0v) is 11.7. The zero-order chi connectivity index (χ0) is 14.5. The summed E-state index contributed by atoms with van der Waals surface area (Å²) in [6.45, 7) is 2.62. The Morgan fingerprint density at radius 1 is 1.35 bits per heavy atom. The molecule has 0 amide bonds. The fourth-order valence-corrected chi connectivity index (χ4v) is 2.42. The first-order valence-electron chi connectivity index (χ1n) is 6.18. The number of rotatable bonds is 6. The summed E-state index contributed by atoms with van der Waals surface area (Å²) in [5.74, 6) is -0.219. The highest BCUT2D eigenvalue weighted by molar-refractivity contribution is 7.99. The van der Waals surface area contributed by atoms with E-state index in [1.165, 1.54) is 0 Å². The molecule has 0 saturated carbocycles. The molecule has 1 heterocycles. The molecular weight excluding hydrogens is 282 g/mol. The van der Waals surface area contributed by atoms with E-state index in [2.05, 4.69) is 5.10 Å². The van der Waals surface area contributed by atoms with Crippen molar-refractivity contribution < 1.29 is 13.6 Å². The fraction of sp³-hybridized carbons (Fsp3) is 0.286. The fourth-order valence-electron chi connectivity index (χ4n) is 1.78. The normalized spacial score (nSPS) is 11.0. The summed E-state index contributed by atoms with van der Waals surface area (Å²) in [6, 6.07) is 7.12. The van der Waals surface area contributed by atoms with Crippen LogP contribution in [0.3, 0.4) is 0 Å². The summed E-state index contributed by atoms with van der Waals surface area (Å²) < 4.78 is 26.0. The van der Waals surface area contributed by atoms with Crippen LogP contribution >= 0.6 is 11.8 Å². The number of aromatic nitrogens is 2. The van der Waals surface area contributed by atoms with E-state index >= 15 is 0 Å². The predicted octanol–water partition coefficient (Wildman–Crippen LogP) is 3.74. The highest BCUT2D eigenvalue weighted by Crippen LogP contribution is 2.26. The van der Waals surface area contributed by atoms with E-state index in [-0.39, 0.29) is 5.75 Å². The monoisotopic (exact) mass is 296 g/mol. The highest BCUT2D eigenvalue weighted by atomic mass is 32.2. The maximum Gasteiger partial charge on any atom is 0.247 e. The van der Waals surface area contributed by atoms with E-state index in [0.717, 1.165) is 28.5 Å². The van der Waals surface area contributed by atoms with Gasteiger partial charge in [0.15, 0.2) is 6.29 Å². The van der Waals surface area contributed by atoms with Crippen LogP contribution in [0.4, 0.5) is 8.78 Å². The molecule has 0 aliphatic heterocycles. The number of nitrogens with zero attached hydrogens (tertiary/aromatic N) is 2. The van der Waals surface area contributed by atoms with Crippen molar-refractivity contribution in [2.75, 3.05) is 5.75 Å². The number of alkyl halides is 2. The van der Waals surface area contributed by atoms with Crippen LogP contribution in [-0.2, 0) is 6.54 Å². The lowest BCUT2D eigenvalue weighted by molar-refractivity contribution is 0.112. The van der Waals surface area contributed by atoms with Gasteiger partial charge in [0.25, 0.3) is 0 Å². The van der Waals surface area contributed by atoms with Crippen molar-refractivity contribution >= 4 is 18.0 Å². The van der Waals surface area contributed by atoms with Crippen molar-refractivity contribution in [1.82, 2.24) is 9.78 Å². The molecule has 0 atom stereocenters. The first kappa shape index (κ1) is 14.7. The minimum atomic E-state index is -2.32. The summed E-state index contributed by atoms with van der Waals surface area (Å²) >= 11 is 1.11. The number of aryl methyl sites for hydroxylation is 1. The first-order valence-corrected chi connectivity index (χ1v) is 7.16. The van der Waals surface area contributed by atoms with Crippen molar-refractivity contribution in [3.8, 4) is 11.3 Å². The zero-order valence-electron chi connectivity index (χ0n) is 10.9. The van der Waals surface area contributed by atoms with Crippen molar-refractivity contribution in [1.29, 1.82) is 0 Å². The van der Waals surface area contributed by atoms with Crippen LogP contribution in [0, 0.1) is 0 Å². The van der Waals surface area contributed by atoms with Gasteiger partial charge in [-0.1, -0.05) is 12.1 Å². The number of halogens is 2. The van der Waals surface area contributed by atoms with Gasteiger partial charge in [-0.2, -0.15) is 5.10 Å². The lowest BCUT2D eigenvalue weighted by Crippen LogP contribution is -1.94. The number of carbonyl (C=O) groups is 1. The van der Waals surface area contributed by atoms with Crippen molar-refractivity contribution in [3.63, 3.8) is 0 Å². The molecule has 2 rings (SSSR count). The lowest BCUT2D eigenvalue weighted by Gasteiger charge is -2.03. The second kappa shape index (κ2) is 6.65. The number of thioether (sulfide) groups is 1. The molecular formula is C14H14F2N2OS. The number of hydrogen-bond acceptors (Lipinski definition) is 3. The number of hydrogen-bond donors (Lipinski definition) is 0. The number of benzene rings is 1. The van der Waals surface area contributed by atoms with Gasteiger partial charge in [-0.25, -0.2) is 8.78 Å². The van der Waals surface area contributed by atoms with Crippen LogP contribution in [0.5, 0.6) is 0 Å². The maximum atomic E-state index is 12.1. The molecule has 1 aromatic heterocycles. The topological polar surface area (TPSA) is 34.9 Å². The quantitative estimate of drug-likeness (QED) is 0.601. The van der Waals surface area contributed by atoms with Gasteiger partial charge in [-0.3, -0.25) is 9.48 Å². The first-order chi connectivity index (χ1) is 9.63. The molecule has 0 bridgehead atoms. The van der Waals surface area contributed by atoms with Crippen LogP contribution in [0.1, 0.15) is 17.3 Å². The van der Waals surface area contributed by atoms with Gasteiger partial charge >= 0.3 is 0 Å². The third kappa shape index (κ3) is 3.45. The van der Waals surface area contributed by atoms with Crippen molar-refractivity contribution in [2.45, 2.75) is 24.8 Å². The van der Waals surface area contributed by atoms with Crippen molar-refractivity contribution in [2.24, 2.45) is 0 Å². The Hall–Kier alpha value is -1.69. The molecule has 0 saturated heterocycles. The van der Waals surface area contributed by atoms with E-state index in [4.69, 9.17) is 0 Å². The third-order valence-corrected chi connectivity index (χ3v) is 3.77. The Labute approximate surface area is 120 Å². The molecule has 0 N–H and O–H groups in total.